The second-order valence-electron chi connectivity index (χ2n) is 5.20. The van der Waals surface area contributed by atoms with Gasteiger partial charge in [0.1, 0.15) is 11.5 Å². The van der Waals surface area contributed by atoms with E-state index in [2.05, 4.69) is 22.5 Å². The Hall–Kier alpha value is -1.70. The molecule has 132 valence electrons. The van der Waals surface area contributed by atoms with E-state index in [1.54, 1.807) is 13.4 Å². The molecule has 0 saturated heterocycles. The minimum absolute atomic E-state index is 0. The van der Waals surface area contributed by atoms with Gasteiger partial charge in [-0.1, -0.05) is 19.1 Å². The second kappa shape index (κ2) is 11.8. The topological polar surface area (TPSA) is 58.8 Å². The molecule has 1 heterocycles. The van der Waals surface area contributed by atoms with Gasteiger partial charge in [-0.05, 0) is 36.2 Å². The summed E-state index contributed by atoms with van der Waals surface area (Å²) in [5, 5.41) is 6.67. The number of furan rings is 1. The first-order valence-corrected chi connectivity index (χ1v) is 7.99. The molecule has 6 heteroatoms. The maximum absolute atomic E-state index is 5.34. The zero-order valence-corrected chi connectivity index (χ0v) is 16.6. The van der Waals surface area contributed by atoms with Gasteiger partial charge in [-0.2, -0.15) is 0 Å². The summed E-state index contributed by atoms with van der Waals surface area (Å²) in [5.74, 6) is 2.66. The SMILES string of the molecule is CCCNC(=NCc1ccc(OC)cc1)NCCc1ccco1.I. The van der Waals surface area contributed by atoms with Crippen molar-refractivity contribution < 1.29 is 9.15 Å². The van der Waals surface area contributed by atoms with Gasteiger partial charge in [0.05, 0.1) is 19.9 Å². The normalized spacial score (nSPS) is 10.8. The Kier molecular flexibility index (Phi) is 9.98. The maximum Gasteiger partial charge on any atom is 0.191 e. The molecule has 0 amide bonds. The zero-order valence-electron chi connectivity index (χ0n) is 14.2. The van der Waals surface area contributed by atoms with E-state index in [9.17, 15) is 0 Å². The molecule has 5 nitrogen and oxygen atoms in total. The minimum Gasteiger partial charge on any atom is -0.497 e. The molecule has 0 radical (unpaired) electrons. The quantitative estimate of drug-likeness (QED) is 0.372. The molecule has 1 aromatic heterocycles. The maximum atomic E-state index is 5.34. The van der Waals surface area contributed by atoms with Crippen LogP contribution < -0.4 is 15.4 Å². The predicted molar refractivity (Wildman–Crippen MR) is 108 cm³/mol. The Balaban J connectivity index is 0.00000288. The Morgan fingerprint density at radius 3 is 2.50 bits per heavy atom. The van der Waals surface area contributed by atoms with Crippen molar-refractivity contribution in [2.24, 2.45) is 4.99 Å². The molecular weight excluding hydrogens is 417 g/mol. The highest BCUT2D eigenvalue weighted by atomic mass is 127. The van der Waals surface area contributed by atoms with Crippen molar-refractivity contribution >= 4 is 29.9 Å². The van der Waals surface area contributed by atoms with Crippen molar-refractivity contribution in [1.82, 2.24) is 10.6 Å². The number of guanidine groups is 1. The number of aliphatic imine (C=N–C) groups is 1. The summed E-state index contributed by atoms with van der Waals surface area (Å²) < 4.78 is 10.5. The lowest BCUT2D eigenvalue weighted by Gasteiger charge is -2.11. The summed E-state index contributed by atoms with van der Waals surface area (Å²) in [6.45, 7) is 4.45. The number of benzene rings is 1. The van der Waals surface area contributed by atoms with Crippen LogP contribution in [0.4, 0.5) is 0 Å². The van der Waals surface area contributed by atoms with E-state index in [0.29, 0.717) is 6.54 Å². The van der Waals surface area contributed by atoms with Crippen LogP contribution in [0.15, 0.2) is 52.1 Å². The Bertz CT molecular complexity index is 583. The van der Waals surface area contributed by atoms with Crippen molar-refractivity contribution in [2.45, 2.75) is 26.3 Å². The lowest BCUT2D eigenvalue weighted by atomic mass is 10.2. The number of hydrogen-bond acceptors (Lipinski definition) is 3. The van der Waals surface area contributed by atoms with Crippen molar-refractivity contribution in [3.8, 4) is 5.75 Å². The van der Waals surface area contributed by atoms with Crippen molar-refractivity contribution in [2.75, 3.05) is 20.2 Å². The monoisotopic (exact) mass is 443 g/mol. The van der Waals surface area contributed by atoms with Crippen LogP contribution in [0.1, 0.15) is 24.7 Å². The number of hydrogen-bond donors (Lipinski definition) is 2. The predicted octanol–water partition coefficient (Wildman–Crippen LogP) is 3.59. The lowest BCUT2D eigenvalue weighted by Crippen LogP contribution is -2.38. The van der Waals surface area contributed by atoms with E-state index in [4.69, 9.17) is 9.15 Å². The third-order valence-electron chi connectivity index (χ3n) is 3.37. The van der Waals surface area contributed by atoms with Crippen LogP contribution >= 0.6 is 24.0 Å². The average Bonchev–Trinajstić information content (AvgIpc) is 3.10. The summed E-state index contributed by atoms with van der Waals surface area (Å²) in [7, 11) is 1.67. The van der Waals surface area contributed by atoms with E-state index in [0.717, 1.165) is 49.0 Å². The van der Waals surface area contributed by atoms with Gasteiger partial charge in [-0.15, -0.1) is 24.0 Å². The van der Waals surface area contributed by atoms with Crippen LogP contribution in [0.3, 0.4) is 0 Å². The fraction of sp³-hybridized carbons (Fsp3) is 0.389. The molecule has 0 fully saturated rings. The molecule has 0 saturated carbocycles. The molecule has 0 spiro atoms. The van der Waals surface area contributed by atoms with E-state index < -0.39 is 0 Å². The molecule has 1 aromatic carbocycles. The van der Waals surface area contributed by atoms with Gasteiger partial charge < -0.3 is 19.8 Å². The highest BCUT2D eigenvalue weighted by Crippen LogP contribution is 2.11. The first-order chi connectivity index (χ1) is 11.3. The molecule has 2 N–H and O–H groups in total. The molecule has 0 bridgehead atoms. The minimum atomic E-state index is 0. The largest absolute Gasteiger partial charge is 0.497 e. The highest BCUT2D eigenvalue weighted by Gasteiger charge is 2.00. The average molecular weight is 443 g/mol. The van der Waals surface area contributed by atoms with E-state index in [1.165, 1.54) is 0 Å². The number of nitrogens with zero attached hydrogens (tertiary/aromatic N) is 1. The molecule has 0 unspecified atom stereocenters. The second-order valence-corrected chi connectivity index (χ2v) is 5.20. The highest BCUT2D eigenvalue weighted by molar-refractivity contribution is 14.0. The number of ether oxygens (including phenoxy) is 1. The van der Waals surface area contributed by atoms with Crippen LogP contribution in [0, 0.1) is 0 Å². The number of halogens is 1. The van der Waals surface area contributed by atoms with Crippen molar-refractivity contribution in [1.29, 1.82) is 0 Å². The van der Waals surface area contributed by atoms with Gasteiger partial charge in [-0.3, -0.25) is 0 Å². The van der Waals surface area contributed by atoms with Gasteiger partial charge >= 0.3 is 0 Å². The molecule has 2 rings (SSSR count). The number of methoxy groups -OCH3 is 1. The van der Waals surface area contributed by atoms with E-state index >= 15 is 0 Å². The van der Waals surface area contributed by atoms with Crippen molar-refractivity contribution in [3.63, 3.8) is 0 Å². The van der Waals surface area contributed by atoms with Gasteiger partial charge in [-0.25, -0.2) is 4.99 Å². The zero-order chi connectivity index (χ0) is 16.3. The first-order valence-electron chi connectivity index (χ1n) is 7.99. The molecule has 24 heavy (non-hydrogen) atoms. The van der Waals surface area contributed by atoms with Gasteiger partial charge in [0, 0.05) is 19.5 Å². The molecule has 0 aliphatic rings. The van der Waals surface area contributed by atoms with Crippen LogP contribution in [-0.2, 0) is 13.0 Å². The fourth-order valence-electron chi connectivity index (χ4n) is 2.08. The lowest BCUT2D eigenvalue weighted by molar-refractivity contribution is 0.414. The van der Waals surface area contributed by atoms with Gasteiger partial charge in [0.2, 0.25) is 0 Å². The van der Waals surface area contributed by atoms with Crippen LogP contribution in [-0.4, -0.2) is 26.2 Å². The summed E-state index contributed by atoms with van der Waals surface area (Å²) in [5.41, 5.74) is 1.15. The summed E-state index contributed by atoms with van der Waals surface area (Å²) in [6.07, 6.45) is 3.59. The van der Waals surface area contributed by atoms with Gasteiger partial charge in [0.25, 0.3) is 0 Å². The third kappa shape index (κ3) is 7.25. The van der Waals surface area contributed by atoms with Crippen LogP contribution in [0.2, 0.25) is 0 Å². The summed E-state index contributed by atoms with van der Waals surface area (Å²) >= 11 is 0. The molecule has 0 atom stereocenters. The summed E-state index contributed by atoms with van der Waals surface area (Å²) in [6, 6.07) is 11.9. The van der Waals surface area contributed by atoms with Crippen molar-refractivity contribution in [3.05, 3.63) is 54.0 Å². The fourth-order valence-corrected chi connectivity index (χ4v) is 2.08. The number of rotatable bonds is 8. The van der Waals surface area contributed by atoms with Crippen LogP contribution in [0.5, 0.6) is 5.75 Å². The molecular formula is C18H26IN3O2. The smallest absolute Gasteiger partial charge is 0.191 e. The Morgan fingerprint density at radius 2 is 1.88 bits per heavy atom. The first kappa shape index (κ1) is 20.3. The Morgan fingerprint density at radius 1 is 1.12 bits per heavy atom. The third-order valence-corrected chi connectivity index (χ3v) is 3.37. The molecule has 2 aromatic rings. The Labute approximate surface area is 160 Å². The van der Waals surface area contributed by atoms with Crippen LogP contribution in [0.25, 0.3) is 0 Å². The standard InChI is InChI=1S/C18H25N3O2.HI/c1-3-11-19-18(20-12-10-17-5-4-13-23-17)21-14-15-6-8-16(22-2)9-7-15;/h4-9,13H,3,10-12,14H2,1-2H3,(H2,19,20,21);1H. The van der Waals surface area contributed by atoms with E-state index in [-0.39, 0.29) is 24.0 Å². The van der Waals surface area contributed by atoms with E-state index in [1.807, 2.05) is 36.4 Å². The summed E-state index contributed by atoms with van der Waals surface area (Å²) in [4.78, 5) is 4.63. The molecule has 0 aliphatic heterocycles. The number of nitrogens with one attached hydrogen (secondary N) is 2. The van der Waals surface area contributed by atoms with Gasteiger partial charge in [0.15, 0.2) is 5.96 Å². The molecule has 0 aliphatic carbocycles.